The van der Waals surface area contributed by atoms with Gasteiger partial charge in [0.1, 0.15) is 5.69 Å². The molecule has 160 valence electrons. The third-order valence-corrected chi connectivity index (χ3v) is 5.29. The van der Waals surface area contributed by atoms with E-state index in [9.17, 15) is 18.4 Å². The van der Waals surface area contributed by atoms with Gasteiger partial charge >= 0.3 is 0 Å². The molecule has 2 aromatic rings. The lowest BCUT2D eigenvalue weighted by Gasteiger charge is -2.20. The molecule has 0 spiro atoms. The molecule has 1 aromatic carbocycles. The summed E-state index contributed by atoms with van der Waals surface area (Å²) in [6.07, 6.45) is 4.50. The lowest BCUT2D eigenvalue weighted by Crippen LogP contribution is -2.31. The minimum Gasteiger partial charge on any atom is -0.399 e. The molecule has 1 amide bonds. The summed E-state index contributed by atoms with van der Waals surface area (Å²) >= 11 is 0. The number of amides is 1. The van der Waals surface area contributed by atoms with E-state index in [-0.39, 0.29) is 22.5 Å². The van der Waals surface area contributed by atoms with E-state index in [2.05, 4.69) is 17.3 Å². The Morgan fingerprint density at radius 1 is 1.33 bits per heavy atom. The molecule has 3 rings (SSSR count). The Morgan fingerprint density at radius 2 is 2.07 bits per heavy atom. The number of benzene rings is 1. The minimum atomic E-state index is -3.05. The van der Waals surface area contributed by atoms with Crippen LogP contribution in [0.2, 0.25) is 0 Å². The van der Waals surface area contributed by atoms with Crippen LogP contribution in [0, 0.1) is 5.92 Å². The first-order valence-electron chi connectivity index (χ1n) is 9.94. The standard InChI is InChI=1S/C22H26F2N4O2/c1-13-4-6-18(7-5-13)28-20(29)9-8-19(27-28)21(30)26-14(2)15-10-16(22(3,23)24)12-17(25)11-15/h6,8-14H,4-5,7,25H2,1-3H3,(H,26,30)/t13?,14-/m1/s1. The third kappa shape index (κ3) is 4.93. The predicted octanol–water partition coefficient (Wildman–Crippen LogP) is 4.09. The number of halogens is 2. The number of nitrogens with one attached hydrogen (secondary N) is 1. The summed E-state index contributed by atoms with van der Waals surface area (Å²) < 4.78 is 28.7. The lowest BCUT2D eigenvalue weighted by atomic mass is 9.94. The summed E-state index contributed by atoms with van der Waals surface area (Å²) in [6, 6.07) is 6.17. The number of allylic oxidation sites excluding steroid dienone is 2. The SMILES string of the molecule is CC1CC=C(n2nc(C(=O)N[C@H](C)c3cc(N)cc(C(C)(F)F)c3)ccc2=O)CC1. The van der Waals surface area contributed by atoms with Crippen LogP contribution in [-0.4, -0.2) is 15.7 Å². The van der Waals surface area contributed by atoms with Gasteiger partial charge in [-0.2, -0.15) is 5.10 Å². The number of nitrogens with two attached hydrogens (primary N) is 1. The molecule has 0 bridgehead atoms. The van der Waals surface area contributed by atoms with E-state index in [0.29, 0.717) is 17.9 Å². The molecular formula is C22H26F2N4O2. The molecule has 1 aromatic heterocycles. The number of carbonyl (C=O) groups is 1. The predicted molar refractivity (Wildman–Crippen MR) is 112 cm³/mol. The smallest absolute Gasteiger partial charge is 0.272 e. The second kappa shape index (κ2) is 8.38. The van der Waals surface area contributed by atoms with Gasteiger partial charge in [0.25, 0.3) is 17.4 Å². The van der Waals surface area contributed by atoms with Crippen molar-refractivity contribution in [3.05, 3.63) is 63.6 Å². The van der Waals surface area contributed by atoms with Crippen LogP contribution in [0.4, 0.5) is 14.5 Å². The van der Waals surface area contributed by atoms with Crippen molar-refractivity contribution in [3.63, 3.8) is 0 Å². The van der Waals surface area contributed by atoms with Crippen molar-refractivity contribution in [1.29, 1.82) is 0 Å². The second-order valence-electron chi connectivity index (χ2n) is 8.02. The number of anilines is 1. The van der Waals surface area contributed by atoms with Gasteiger partial charge in [-0.05, 0) is 61.9 Å². The van der Waals surface area contributed by atoms with Gasteiger partial charge in [-0.1, -0.05) is 13.0 Å². The average molecular weight is 416 g/mol. The van der Waals surface area contributed by atoms with Gasteiger partial charge < -0.3 is 11.1 Å². The van der Waals surface area contributed by atoms with Crippen LogP contribution < -0.4 is 16.6 Å². The number of nitrogen functional groups attached to an aromatic ring is 1. The molecule has 0 saturated heterocycles. The normalized spacial score (nSPS) is 17.9. The fourth-order valence-electron chi connectivity index (χ4n) is 3.42. The second-order valence-corrected chi connectivity index (χ2v) is 8.02. The maximum atomic E-state index is 13.7. The van der Waals surface area contributed by atoms with Gasteiger partial charge in [0, 0.05) is 29.9 Å². The summed E-state index contributed by atoms with van der Waals surface area (Å²) in [5.41, 5.74) is 6.75. The quantitative estimate of drug-likeness (QED) is 0.719. The molecule has 2 atom stereocenters. The number of hydrogen-bond acceptors (Lipinski definition) is 4. The number of carbonyl (C=O) groups excluding carboxylic acids is 1. The molecular weight excluding hydrogens is 390 g/mol. The molecule has 1 aliphatic rings. The molecule has 0 aliphatic heterocycles. The first-order valence-corrected chi connectivity index (χ1v) is 9.94. The Bertz CT molecular complexity index is 1040. The Balaban J connectivity index is 1.82. The lowest BCUT2D eigenvalue weighted by molar-refractivity contribution is 0.0174. The molecule has 0 radical (unpaired) electrons. The van der Waals surface area contributed by atoms with E-state index in [1.807, 2.05) is 6.08 Å². The van der Waals surface area contributed by atoms with Gasteiger partial charge in [-0.3, -0.25) is 9.59 Å². The van der Waals surface area contributed by atoms with Gasteiger partial charge in [0.15, 0.2) is 0 Å². The van der Waals surface area contributed by atoms with Crippen molar-refractivity contribution in [2.45, 2.75) is 52.0 Å². The van der Waals surface area contributed by atoms with Crippen molar-refractivity contribution in [2.24, 2.45) is 5.92 Å². The molecule has 8 heteroatoms. The zero-order chi connectivity index (χ0) is 22.1. The first-order chi connectivity index (χ1) is 14.0. The van der Waals surface area contributed by atoms with E-state index in [4.69, 9.17) is 5.73 Å². The van der Waals surface area contributed by atoms with Crippen molar-refractivity contribution in [3.8, 4) is 0 Å². The van der Waals surface area contributed by atoms with Crippen molar-refractivity contribution in [1.82, 2.24) is 15.1 Å². The van der Waals surface area contributed by atoms with Crippen molar-refractivity contribution >= 4 is 17.3 Å². The van der Waals surface area contributed by atoms with E-state index >= 15 is 0 Å². The Kier molecular flexibility index (Phi) is 6.05. The highest BCUT2D eigenvalue weighted by Crippen LogP contribution is 2.31. The Morgan fingerprint density at radius 3 is 2.70 bits per heavy atom. The van der Waals surface area contributed by atoms with Crippen LogP contribution in [0.1, 0.15) is 67.7 Å². The molecule has 30 heavy (non-hydrogen) atoms. The first kappa shape index (κ1) is 21.7. The molecule has 0 fully saturated rings. The summed E-state index contributed by atoms with van der Waals surface area (Å²) in [4.78, 5) is 24.9. The molecule has 6 nitrogen and oxygen atoms in total. The number of nitrogens with zero attached hydrogens (tertiary/aromatic N) is 2. The number of aromatic nitrogens is 2. The molecule has 3 N–H and O–H groups in total. The summed E-state index contributed by atoms with van der Waals surface area (Å²) in [5.74, 6) is -3.00. The Hall–Kier alpha value is -3.03. The monoisotopic (exact) mass is 416 g/mol. The maximum Gasteiger partial charge on any atom is 0.272 e. The van der Waals surface area contributed by atoms with E-state index in [0.717, 1.165) is 25.5 Å². The Labute approximate surface area is 173 Å². The highest BCUT2D eigenvalue weighted by Gasteiger charge is 2.26. The number of alkyl halides is 2. The van der Waals surface area contributed by atoms with Crippen LogP contribution in [0.25, 0.3) is 5.70 Å². The van der Waals surface area contributed by atoms with E-state index < -0.39 is 17.9 Å². The van der Waals surface area contributed by atoms with Crippen LogP contribution in [-0.2, 0) is 5.92 Å². The molecule has 1 unspecified atom stereocenters. The zero-order valence-corrected chi connectivity index (χ0v) is 17.3. The van der Waals surface area contributed by atoms with Crippen molar-refractivity contribution < 1.29 is 13.6 Å². The summed E-state index contributed by atoms with van der Waals surface area (Å²) in [5, 5.41) is 6.96. The number of hydrogen-bond donors (Lipinski definition) is 2. The fraction of sp³-hybridized carbons (Fsp3) is 0.409. The summed E-state index contributed by atoms with van der Waals surface area (Å²) in [7, 11) is 0. The number of rotatable bonds is 5. The van der Waals surface area contributed by atoms with Gasteiger partial charge in [0.2, 0.25) is 0 Å². The topological polar surface area (TPSA) is 90.0 Å². The fourth-order valence-corrected chi connectivity index (χ4v) is 3.42. The van der Waals surface area contributed by atoms with E-state index in [1.54, 1.807) is 13.0 Å². The maximum absolute atomic E-state index is 13.7. The van der Waals surface area contributed by atoms with E-state index in [1.165, 1.54) is 28.9 Å². The highest BCUT2D eigenvalue weighted by atomic mass is 19.3. The minimum absolute atomic E-state index is 0.0749. The largest absolute Gasteiger partial charge is 0.399 e. The van der Waals surface area contributed by atoms with Crippen LogP contribution in [0.15, 0.2) is 41.2 Å². The zero-order valence-electron chi connectivity index (χ0n) is 17.3. The third-order valence-electron chi connectivity index (χ3n) is 5.29. The highest BCUT2D eigenvalue weighted by molar-refractivity contribution is 5.92. The van der Waals surface area contributed by atoms with Gasteiger partial charge in [-0.15, -0.1) is 0 Å². The molecule has 0 saturated carbocycles. The summed E-state index contributed by atoms with van der Waals surface area (Å²) in [6.45, 7) is 4.61. The average Bonchev–Trinajstić information content (AvgIpc) is 2.68. The van der Waals surface area contributed by atoms with Crippen LogP contribution >= 0.6 is 0 Å². The van der Waals surface area contributed by atoms with Gasteiger partial charge in [0.05, 0.1) is 6.04 Å². The van der Waals surface area contributed by atoms with Crippen LogP contribution in [0.3, 0.4) is 0 Å². The van der Waals surface area contributed by atoms with Gasteiger partial charge in [-0.25, -0.2) is 13.5 Å². The van der Waals surface area contributed by atoms with Crippen LogP contribution in [0.5, 0.6) is 0 Å². The molecule has 1 aliphatic carbocycles. The van der Waals surface area contributed by atoms with Crippen molar-refractivity contribution in [2.75, 3.05) is 5.73 Å². The molecule has 1 heterocycles.